The van der Waals surface area contributed by atoms with E-state index in [0.717, 1.165) is 24.2 Å². The molecule has 170 valence electrons. The van der Waals surface area contributed by atoms with Gasteiger partial charge in [0.25, 0.3) is 5.56 Å². The normalized spacial score (nSPS) is 11.8. The Hall–Kier alpha value is -2.43. The smallest absolute Gasteiger partial charge is 0.291 e. The molecule has 0 aliphatic heterocycles. The highest BCUT2D eigenvalue weighted by Crippen LogP contribution is 2.19. The average molecular weight is 425 g/mol. The number of unbranched alkanes of at least 4 members (excludes halogenated alkanes) is 11. The maximum Gasteiger partial charge on any atom is 0.291 e. The molecule has 2 aromatic rings. The summed E-state index contributed by atoms with van der Waals surface area (Å²) in [5.74, 6) is 0. The van der Waals surface area contributed by atoms with E-state index in [2.05, 4.69) is 39.5 Å². The van der Waals surface area contributed by atoms with Gasteiger partial charge in [-0.05, 0) is 50.7 Å². The Balaban J connectivity index is 1.52. The van der Waals surface area contributed by atoms with Crippen LogP contribution in [0.5, 0.6) is 0 Å². The van der Waals surface area contributed by atoms with Gasteiger partial charge in [-0.2, -0.15) is 5.11 Å². The highest BCUT2D eigenvalue weighted by Gasteiger charge is 2.08. The standard InChI is InChI=1S/C26H40N4O/c1-2-3-4-5-6-7-8-9-10-11-12-13-14-15-19-22-24-25(26(31)30-28-24)29-27-23-20-17-16-18-21-23/h9-10,16-18,20-21H,2-8,11-15,19,22H2,1H3,(H2,28,30,31)/b10-9+,29-27?. The fraction of sp³-hybridized carbons (Fsp3) is 0.577. The third-order valence-electron chi connectivity index (χ3n) is 5.54. The van der Waals surface area contributed by atoms with Gasteiger partial charge in [-0.15, -0.1) is 5.11 Å². The minimum atomic E-state index is -0.206. The number of allylic oxidation sites excluding steroid dienone is 2. The minimum absolute atomic E-state index is 0.206. The molecule has 2 rings (SSSR count). The maximum atomic E-state index is 12.0. The van der Waals surface area contributed by atoms with E-state index in [-0.39, 0.29) is 5.56 Å². The Morgan fingerprint density at radius 3 is 2.03 bits per heavy atom. The SMILES string of the molecule is CCCCCCCC/C=C/CCCCCCCc1[nH][nH]c(=O)c1N=Nc1ccccc1. The van der Waals surface area contributed by atoms with Crippen LogP contribution in [-0.2, 0) is 6.42 Å². The molecule has 1 aromatic heterocycles. The van der Waals surface area contributed by atoms with E-state index in [1.54, 1.807) is 0 Å². The van der Waals surface area contributed by atoms with Crippen molar-refractivity contribution in [1.82, 2.24) is 10.2 Å². The van der Waals surface area contributed by atoms with Gasteiger partial charge in [0.05, 0.1) is 11.4 Å². The molecule has 1 aromatic carbocycles. The number of aryl methyl sites for hydroxylation is 1. The quantitative estimate of drug-likeness (QED) is 0.149. The molecular weight excluding hydrogens is 384 g/mol. The second kappa shape index (κ2) is 16.3. The Morgan fingerprint density at radius 1 is 0.742 bits per heavy atom. The van der Waals surface area contributed by atoms with Crippen LogP contribution in [0.3, 0.4) is 0 Å². The zero-order valence-corrected chi connectivity index (χ0v) is 19.2. The number of nitrogens with one attached hydrogen (secondary N) is 2. The van der Waals surface area contributed by atoms with E-state index < -0.39 is 0 Å². The van der Waals surface area contributed by atoms with Gasteiger partial charge in [0.1, 0.15) is 0 Å². The molecule has 0 bridgehead atoms. The van der Waals surface area contributed by atoms with Crippen LogP contribution >= 0.6 is 0 Å². The Kier molecular flexibility index (Phi) is 13.0. The number of benzene rings is 1. The fourth-order valence-electron chi connectivity index (χ4n) is 3.65. The van der Waals surface area contributed by atoms with Gasteiger partial charge >= 0.3 is 0 Å². The highest BCUT2D eigenvalue weighted by atomic mass is 16.1. The molecule has 0 spiro atoms. The lowest BCUT2D eigenvalue weighted by Crippen LogP contribution is -1.96. The lowest BCUT2D eigenvalue weighted by Gasteiger charge is -2.01. The van der Waals surface area contributed by atoms with Crippen LogP contribution in [0.4, 0.5) is 11.4 Å². The van der Waals surface area contributed by atoms with Crippen LogP contribution in [0.2, 0.25) is 0 Å². The summed E-state index contributed by atoms with van der Waals surface area (Å²) in [7, 11) is 0. The summed E-state index contributed by atoms with van der Waals surface area (Å²) >= 11 is 0. The lowest BCUT2D eigenvalue weighted by molar-refractivity contribution is 0.608. The number of nitrogens with zero attached hydrogens (tertiary/aromatic N) is 2. The van der Waals surface area contributed by atoms with Crippen LogP contribution < -0.4 is 5.56 Å². The molecule has 31 heavy (non-hydrogen) atoms. The molecule has 0 amide bonds. The van der Waals surface area contributed by atoms with E-state index in [1.165, 1.54) is 77.0 Å². The first-order valence-corrected chi connectivity index (χ1v) is 12.2. The number of aromatic amines is 2. The zero-order valence-electron chi connectivity index (χ0n) is 19.2. The molecule has 1 heterocycles. The molecule has 5 nitrogen and oxygen atoms in total. The molecule has 0 atom stereocenters. The summed E-state index contributed by atoms with van der Waals surface area (Å²) in [5, 5.41) is 13.9. The van der Waals surface area contributed by atoms with E-state index in [4.69, 9.17) is 0 Å². The van der Waals surface area contributed by atoms with Gasteiger partial charge in [0.2, 0.25) is 0 Å². The van der Waals surface area contributed by atoms with Crippen LogP contribution in [0.15, 0.2) is 57.5 Å². The topological polar surface area (TPSA) is 73.4 Å². The first kappa shape index (κ1) is 24.8. The number of H-pyrrole nitrogens is 2. The van der Waals surface area contributed by atoms with Crippen molar-refractivity contribution in [2.45, 2.75) is 96.8 Å². The second-order valence-corrected chi connectivity index (χ2v) is 8.28. The first-order valence-electron chi connectivity index (χ1n) is 12.2. The molecule has 5 heteroatoms. The third-order valence-corrected chi connectivity index (χ3v) is 5.54. The molecule has 2 N–H and O–H groups in total. The van der Waals surface area contributed by atoms with E-state index >= 15 is 0 Å². The number of azo groups is 1. The van der Waals surface area contributed by atoms with E-state index in [9.17, 15) is 4.79 Å². The van der Waals surface area contributed by atoms with Gasteiger partial charge in [0, 0.05) is 0 Å². The number of aromatic nitrogens is 2. The Morgan fingerprint density at radius 2 is 1.35 bits per heavy atom. The van der Waals surface area contributed by atoms with Gasteiger partial charge in [0.15, 0.2) is 5.69 Å². The van der Waals surface area contributed by atoms with Crippen molar-refractivity contribution in [3.8, 4) is 0 Å². The Labute approximate surface area is 187 Å². The maximum absolute atomic E-state index is 12.0. The first-order chi connectivity index (χ1) is 15.3. The van der Waals surface area contributed by atoms with Gasteiger partial charge in [-0.25, -0.2) is 0 Å². The van der Waals surface area contributed by atoms with E-state index in [1.807, 2.05) is 30.3 Å². The van der Waals surface area contributed by atoms with Crippen molar-refractivity contribution < 1.29 is 0 Å². The van der Waals surface area contributed by atoms with Crippen molar-refractivity contribution in [1.29, 1.82) is 0 Å². The predicted octanol–water partition coefficient (Wildman–Crippen LogP) is 8.31. The average Bonchev–Trinajstić information content (AvgIpc) is 3.15. The minimum Gasteiger partial charge on any atom is -0.300 e. The predicted molar refractivity (Wildman–Crippen MR) is 131 cm³/mol. The fourth-order valence-corrected chi connectivity index (χ4v) is 3.65. The van der Waals surface area contributed by atoms with Crippen molar-refractivity contribution in [3.05, 3.63) is 58.5 Å². The van der Waals surface area contributed by atoms with Crippen molar-refractivity contribution in [3.63, 3.8) is 0 Å². The molecule has 0 saturated carbocycles. The van der Waals surface area contributed by atoms with Gasteiger partial charge < -0.3 is 0 Å². The summed E-state index contributed by atoms with van der Waals surface area (Å²) < 4.78 is 0. The Bertz CT molecular complexity index is 804. The van der Waals surface area contributed by atoms with Crippen molar-refractivity contribution >= 4 is 11.4 Å². The molecule has 0 aliphatic rings. The van der Waals surface area contributed by atoms with Crippen LogP contribution in [0.25, 0.3) is 0 Å². The van der Waals surface area contributed by atoms with Gasteiger partial charge in [-0.3, -0.25) is 15.0 Å². The summed E-state index contributed by atoms with van der Waals surface area (Å²) in [6, 6.07) is 9.48. The van der Waals surface area contributed by atoms with Crippen LogP contribution in [0.1, 0.15) is 96.1 Å². The highest BCUT2D eigenvalue weighted by molar-refractivity contribution is 5.41. The number of rotatable bonds is 17. The van der Waals surface area contributed by atoms with Crippen molar-refractivity contribution in [2.24, 2.45) is 10.2 Å². The summed E-state index contributed by atoms with van der Waals surface area (Å²) in [6.07, 6.45) is 22.2. The molecule has 0 fully saturated rings. The number of hydrogen-bond acceptors (Lipinski definition) is 3. The molecule has 0 radical (unpaired) electrons. The van der Waals surface area contributed by atoms with Gasteiger partial charge in [-0.1, -0.05) is 88.6 Å². The largest absolute Gasteiger partial charge is 0.300 e. The van der Waals surface area contributed by atoms with Crippen LogP contribution in [-0.4, -0.2) is 10.2 Å². The molecular formula is C26H40N4O. The number of hydrogen-bond donors (Lipinski definition) is 2. The van der Waals surface area contributed by atoms with E-state index in [0.29, 0.717) is 5.69 Å². The lowest BCUT2D eigenvalue weighted by atomic mass is 10.1. The molecule has 0 unspecified atom stereocenters. The monoisotopic (exact) mass is 424 g/mol. The molecule has 0 aliphatic carbocycles. The molecule has 0 saturated heterocycles. The van der Waals surface area contributed by atoms with Crippen LogP contribution in [0, 0.1) is 0 Å². The summed E-state index contributed by atoms with van der Waals surface area (Å²) in [6.45, 7) is 2.27. The third kappa shape index (κ3) is 11.0. The van der Waals surface area contributed by atoms with Crippen molar-refractivity contribution in [2.75, 3.05) is 0 Å². The summed E-state index contributed by atoms with van der Waals surface area (Å²) in [4.78, 5) is 12.0. The zero-order chi connectivity index (χ0) is 22.0. The second-order valence-electron chi connectivity index (χ2n) is 8.28. The summed E-state index contributed by atoms with van der Waals surface area (Å²) in [5.41, 5.74) is 1.79.